The van der Waals surface area contributed by atoms with Crippen molar-refractivity contribution in [3.63, 3.8) is 0 Å². The van der Waals surface area contributed by atoms with Crippen molar-refractivity contribution in [1.82, 2.24) is 0 Å². The van der Waals surface area contributed by atoms with Crippen LogP contribution in [-0.2, 0) is 4.74 Å². The van der Waals surface area contributed by atoms with Crippen LogP contribution in [0.4, 0.5) is 0 Å². The molecule has 1 nitrogen and oxygen atoms in total. The van der Waals surface area contributed by atoms with Crippen molar-refractivity contribution in [1.29, 1.82) is 0 Å². The van der Waals surface area contributed by atoms with Crippen LogP contribution in [0.3, 0.4) is 0 Å². The number of rotatable bonds is 9. The van der Waals surface area contributed by atoms with Gasteiger partial charge in [0.2, 0.25) is 0 Å². The third-order valence-corrected chi connectivity index (χ3v) is 6.07. The average Bonchev–Trinajstić information content (AvgIpc) is 2.60. The van der Waals surface area contributed by atoms with Crippen molar-refractivity contribution in [3.8, 4) is 0 Å². The summed E-state index contributed by atoms with van der Waals surface area (Å²) in [6.45, 7) is 7.62. The second kappa shape index (κ2) is 11.1. The van der Waals surface area contributed by atoms with E-state index in [-0.39, 0.29) is 0 Å². The largest absolute Gasteiger partial charge is 0.377 e. The summed E-state index contributed by atoms with van der Waals surface area (Å²) in [4.78, 5) is 0. The molecular weight excluding hydrogens is 280 g/mol. The Morgan fingerprint density at radius 3 is 2.00 bits per heavy atom. The fraction of sp³-hybridized carbons (Fsp3) is 0.818. The third-order valence-electron chi connectivity index (χ3n) is 6.07. The van der Waals surface area contributed by atoms with Gasteiger partial charge in [-0.2, -0.15) is 0 Å². The highest BCUT2D eigenvalue weighted by atomic mass is 16.5. The lowest BCUT2D eigenvalue weighted by atomic mass is 9.75. The molecule has 0 unspecified atom stereocenters. The standard InChI is InChI=1S/C22H38O/c1-3-5-6-19-7-9-20(10-8-19)11-12-21-13-15-22(16-14-21)18-23-17-4-2/h4-6,19-22H,2-3,7-18H2,1H3. The molecule has 0 saturated heterocycles. The van der Waals surface area contributed by atoms with E-state index in [1.165, 1.54) is 70.6 Å². The van der Waals surface area contributed by atoms with Crippen molar-refractivity contribution >= 4 is 0 Å². The molecule has 132 valence electrons. The lowest BCUT2D eigenvalue weighted by Gasteiger charge is -2.31. The lowest BCUT2D eigenvalue weighted by Crippen LogP contribution is -2.20. The zero-order chi connectivity index (χ0) is 16.3. The zero-order valence-electron chi connectivity index (χ0n) is 15.3. The highest BCUT2D eigenvalue weighted by molar-refractivity contribution is 4.90. The van der Waals surface area contributed by atoms with E-state index >= 15 is 0 Å². The van der Waals surface area contributed by atoms with Crippen LogP contribution in [0.15, 0.2) is 24.8 Å². The molecule has 2 rings (SSSR count). The SMILES string of the molecule is C=CCOCC1CCC(CCC2CCC(C=CCC)CC2)CC1. The molecule has 0 radical (unpaired) electrons. The number of hydrogen-bond donors (Lipinski definition) is 0. The molecule has 0 heterocycles. The Kier molecular flexibility index (Phi) is 9.04. The second-order valence-corrected chi connectivity index (χ2v) is 7.91. The molecule has 2 saturated carbocycles. The second-order valence-electron chi connectivity index (χ2n) is 7.91. The van der Waals surface area contributed by atoms with E-state index in [0.29, 0.717) is 0 Å². The normalized spacial score (nSPS) is 32.2. The van der Waals surface area contributed by atoms with Crippen molar-refractivity contribution in [2.45, 2.75) is 77.6 Å². The van der Waals surface area contributed by atoms with Crippen molar-refractivity contribution in [2.75, 3.05) is 13.2 Å². The Bertz CT molecular complexity index is 330. The Hall–Kier alpha value is -0.560. The molecule has 0 spiro atoms. The van der Waals surface area contributed by atoms with Gasteiger partial charge in [0.15, 0.2) is 0 Å². The van der Waals surface area contributed by atoms with Gasteiger partial charge in [-0.1, -0.05) is 50.8 Å². The molecule has 0 aromatic heterocycles. The molecule has 2 fully saturated rings. The number of hydrogen-bond acceptors (Lipinski definition) is 1. The van der Waals surface area contributed by atoms with Gasteiger partial charge in [0.25, 0.3) is 0 Å². The third kappa shape index (κ3) is 7.25. The minimum Gasteiger partial charge on any atom is -0.377 e. The van der Waals surface area contributed by atoms with Crippen LogP contribution >= 0.6 is 0 Å². The zero-order valence-corrected chi connectivity index (χ0v) is 15.3. The molecule has 0 bridgehead atoms. The predicted octanol–water partition coefficient (Wildman–Crippen LogP) is 6.55. The van der Waals surface area contributed by atoms with Gasteiger partial charge < -0.3 is 4.74 Å². The van der Waals surface area contributed by atoms with E-state index in [4.69, 9.17) is 4.74 Å². The van der Waals surface area contributed by atoms with Gasteiger partial charge in [-0.3, -0.25) is 0 Å². The summed E-state index contributed by atoms with van der Waals surface area (Å²) >= 11 is 0. The number of allylic oxidation sites excluding steroid dienone is 2. The number of ether oxygens (including phenoxy) is 1. The first kappa shape index (κ1) is 18.8. The van der Waals surface area contributed by atoms with E-state index in [9.17, 15) is 0 Å². The molecule has 2 aliphatic rings. The minimum atomic E-state index is 0.718. The Morgan fingerprint density at radius 1 is 0.870 bits per heavy atom. The van der Waals surface area contributed by atoms with Gasteiger partial charge in [0.05, 0.1) is 6.61 Å². The van der Waals surface area contributed by atoms with Gasteiger partial charge in [-0.25, -0.2) is 0 Å². The average molecular weight is 319 g/mol. The van der Waals surface area contributed by atoms with E-state index in [0.717, 1.165) is 36.9 Å². The van der Waals surface area contributed by atoms with Crippen LogP contribution < -0.4 is 0 Å². The topological polar surface area (TPSA) is 9.23 Å². The van der Waals surface area contributed by atoms with Gasteiger partial charge in [-0.15, -0.1) is 6.58 Å². The summed E-state index contributed by atoms with van der Waals surface area (Å²) < 4.78 is 5.63. The molecule has 0 aromatic rings. The lowest BCUT2D eigenvalue weighted by molar-refractivity contribution is 0.0937. The van der Waals surface area contributed by atoms with Gasteiger partial charge in [0.1, 0.15) is 0 Å². The monoisotopic (exact) mass is 318 g/mol. The van der Waals surface area contributed by atoms with Crippen LogP contribution in [0, 0.1) is 23.7 Å². The van der Waals surface area contributed by atoms with E-state index in [1.807, 2.05) is 6.08 Å². The highest BCUT2D eigenvalue weighted by Gasteiger charge is 2.24. The van der Waals surface area contributed by atoms with Crippen LogP contribution in [0.1, 0.15) is 77.6 Å². The van der Waals surface area contributed by atoms with Crippen LogP contribution in [0.25, 0.3) is 0 Å². The molecule has 0 atom stereocenters. The van der Waals surface area contributed by atoms with Crippen LogP contribution in [0.5, 0.6) is 0 Å². The van der Waals surface area contributed by atoms with Crippen molar-refractivity contribution in [2.24, 2.45) is 23.7 Å². The maximum absolute atomic E-state index is 5.63. The molecule has 0 aliphatic heterocycles. The van der Waals surface area contributed by atoms with Gasteiger partial charge in [0, 0.05) is 6.61 Å². The molecular formula is C22H38O. The minimum absolute atomic E-state index is 0.718. The summed E-state index contributed by atoms with van der Waals surface area (Å²) in [5.41, 5.74) is 0. The predicted molar refractivity (Wildman–Crippen MR) is 101 cm³/mol. The molecule has 0 amide bonds. The fourth-order valence-corrected chi connectivity index (χ4v) is 4.47. The maximum Gasteiger partial charge on any atom is 0.0644 e. The van der Waals surface area contributed by atoms with Gasteiger partial charge in [-0.05, 0) is 68.6 Å². The Morgan fingerprint density at radius 2 is 1.43 bits per heavy atom. The Balaban J connectivity index is 1.54. The molecule has 2 aliphatic carbocycles. The van der Waals surface area contributed by atoms with Gasteiger partial charge >= 0.3 is 0 Å². The van der Waals surface area contributed by atoms with E-state index in [1.54, 1.807) is 0 Å². The van der Waals surface area contributed by atoms with Crippen molar-refractivity contribution < 1.29 is 4.74 Å². The van der Waals surface area contributed by atoms with Crippen LogP contribution in [0.2, 0.25) is 0 Å². The van der Waals surface area contributed by atoms with E-state index < -0.39 is 0 Å². The molecule has 0 N–H and O–H groups in total. The summed E-state index contributed by atoms with van der Waals surface area (Å²) in [5.74, 6) is 3.72. The Labute approximate surface area is 144 Å². The summed E-state index contributed by atoms with van der Waals surface area (Å²) in [7, 11) is 0. The smallest absolute Gasteiger partial charge is 0.0644 e. The fourth-order valence-electron chi connectivity index (χ4n) is 4.47. The summed E-state index contributed by atoms with van der Waals surface area (Å²) in [5, 5.41) is 0. The highest BCUT2D eigenvalue weighted by Crippen LogP contribution is 2.36. The van der Waals surface area contributed by atoms with Crippen LogP contribution in [-0.4, -0.2) is 13.2 Å². The summed E-state index contributed by atoms with van der Waals surface area (Å²) in [6.07, 6.45) is 22.4. The molecule has 23 heavy (non-hydrogen) atoms. The molecule has 1 heteroatoms. The summed E-state index contributed by atoms with van der Waals surface area (Å²) in [6, 6.07) is 0. The van der Waals surface area contributed by atoms with Crippen molar-refractivity contribution in [3.05, 3.63) is 24.8 Å². The first-order valence-electron chi connectivity index (χ1n) is 10.2. The maximum atomic E-state index is 5.63. The quantitative estimate of drug-likeness (QED) is 0.346. The molecule has 0 aromatic carbocycles. The van der Waals surface area contributed by atoms with E-state index in [2.05, 4.69) is 25.7 Å². The first-order valence-corrected chi connectivity index (χ1v) is 10.2. The first-order chi connectivity index (χ1) is 11.3.